The van der Waals surface area contributed by atoms with E-state index in [9.17, 15) is 0 Å². The second-order valence-electron chi connectivity index (χ2n) is 1.20. The average Bonchev–Trinajstić information content (AvgIpc) is 2.14. The molecule has 0 aliphatic carbocycles. The molecule has 3 heteroatoms. The van der Waals surface area contributed by atoms with Crippen LogP contribution in [0, 0.1) is 7.11 Å². The Balaban J connectivity index is 2.84. The first-order chi connectivity index (χ1) is 3.83. The van der Waals surface area contributed by atoms with E-state index in [1.807, 2.05) is 0 Å². The zero-order valence-electron chi connectivity index (χ0n) is 4.06. The van der Waals surface area contributed by atoms with Gasteiger partial charge in [0.15, 0.2) is 5.06 Å². The fourth-order valence-electron chi connectivity index (χ4n) is 0.375. The summed E-state index contributed by atoms with van der Waals surface area (Å²) < 4.78 is 5.34. The van der Waals surface area contributed by atoms with Gasteiger partial charge in [-0.1, -0.05) is 22.9 Å². The molecule has 1 heterocycles. The van der Waals surface area contributed by atoms with Crippen molar-refractivity contribution in [2.75, 3.05) is 0 Å². The smallest absolute Gasteiger partial charge is 0.175 e. The summed E-state index contributed by atoms with van der Waals surface area (Å²) in [7, 11) is 3.22. The van der Waals surface area contributed by atoms with Crippen LogP contribution in [-0.4, -0.2) is 0 Å². The molecule has 1 rings (SSSR count). The summed E-state index contributed by atoms with van der Waals surface area (Å²) in [4.78, 5) is 0. The van der Waals surface area contributed by atoms with Gasteiger partial charge in [-0.25, -0.2) is 0 Å². The minimum atomic E-state index is 0.726. The van der Waals surface area contributed by atoms with Gasteiger partial charge in [0.1, 0.15) is 7.11 Å². The van der Waals surface area contributed by atoms with E-state index in [1.54, 1.807) is 12.1 Å². The predicted molar refractivity (Wildman–Crippen MR) is 35.3 cm³/mol. The van der Waals surface area contributed by atoms with Gasteiger partial charge >= 0.3 is 0 Å². The van der Waals surface area contributed by atoms with Crippen LogP contribution >= 0.6 is 22.9 Å². The third-order valence-electron chi connectivity index (χ3n) is 0.691. The Morgan fingerprint density at radius 1 is 1.62 bits per heavy atom. The molecule has 43 valence electrons. The molecule has 1 aromatic rings. The van der Waals surface area contributed by atoms with E-state index in [0.29, 0.717) is 0 Å². The van der Waals surface area contributed by atoms with Gasteiger partial charge in [0.2, 0.25) is 0 Å². The van der Waals surface area contributed by atoms with Gasteiger partial charge in [-0.05, 0) is 12.1 Å². The van der Waals surface area contributed by atoms with E-state index in [1.165, 1.54) is 11.3 Å². The maximum Gasteiger partial charge on any atom is 0.175 e. The zero-order chi connectivity index (χ0) is 5.98. The van der Waals surface area contributed by atoms with Crippen LogP contribution in [0.5, 0.6) is 5.06 Å². The molecule has 0 fully saturated rings. The molecular formula is C5H4ClOS. The van der Waals surface area contributed by atoms with Gasteiger partial charge in [-0.3, -0.25) is 0 Å². The topological polar surface area (TPSA) is 9.23 Å². The normalized spacial score (nSPS) is 9.25. The monoisotopic (exact) mass is 147 g/mol. The van der Waals surface area contributed by atoms with Crippen molar-refractivity contribution in [2.24, 2.45) is 0 Å². The number of thiophene rings is 1. The van der Waals surface area contributed by atoms with Gasteiger partial charge < -0.3 is 4.74 Å². The molecule has 1 nitrogen and oxygen atoms in total. The Bertz CT molecular complexity index is 173. The molecule has 0 spiro atoms. The molecule has 1 radical (unpaired) electrons. The Kier molecular flexibility index (Phi) is 1.76. The van der Waals surface area contributed by atoms with Crippen LogP contribution in [0.2, 0.25) is 4.34 Å². The van der Waals surface area contributed by atoms with Crippen molar-refractivity contribution in [1.82, 2.24) is 0 Å². The molecule has 8 heavy (non-hydrogen) atoms. The number of ether oxygens (including phenoxy) is 1. The van der Waals surface area contributed by atoms with Gasteiger partial charge in [-0.15, -0.1) is 0 Å². The predicted octanol–water partition coefficient (Wildman–Crippen LogP) is 2.57. The standard InChI is InChI=1S/C5H4ClOS/c1-7-5-3-2-4(6)8-5/h2-3H,1H2. The molecule has 0 atom stereocenters. The van der Waals surface area contributed by atoms with Crippen molar-refractivity contribution in [3.05, 3.63) is 23.6 Å². The first-order valence-electron chi connectivity index (χ1n) is 2.00. The van der Waals surface area contributed by atoms with Crippen molar-refractivity contribution in [2.45, 2.75) is 0 Å². The Morgan fingerprint density at radius 2 is 2.38 bits per heavy atom. The molecule has 0 unspecified atom stereocenters. The van der Waals surface area contributed by atoms with E-state index in [0.717, 1.165) is 9.40 Å². The fraction of sp³-hybridized carbons (Fsp3) is 0. The van der Waals surface area contributed by atoms with Crippen molar-refractivity contribution >= 4 is 22.9 Å². The summed E-state index contributed by atoms with van der Waals surface area (Å²) in [6.07, 6.45) is 0. The lowest BCUT2D eigenvalue weighted by atomic mass is 10.7. The minimum absolute atomic E-state index is 0.726. The lowest BCUT2D eigenvalue weighted by Crippen LogP contribution is -1.67. The third kappa shape index (κ3) is 1.14. The van der Waals surface area contributed by atoms with Crippen molar-refractivity contribution in [3.8, 4) is 5.06 Å². The molecule has 0 saturated heterocycles. The van der Waals surface area contributed by atoms with Gasteiger partial charge in [0.25, 0.3) is 0 Å². The summed E-state index contributed by atoms with van der Waals surface area (Å²) >= 11 is 6.92. The molecule has 0 bridgehead atoms. The van der Waals surface area contributed by atoms with Crippen LogP contribution in [0.3, 0.4) is 0 Å². The van der Waals surface area contributed by atoms with Crippen LogP contribution in [0.25, 0.3) is 0 Å². The second-order valence-corrected chi connectivity index (χ2v) is 2.88. The first-order valence-corrected chi connectivity index (χ1v) is 3.20. The largest absolute Gasteiger partial charge is 0.480 e. The van der Waals surface area contributed by atoms with Crippen molar-refractivity contribution in [3.63, 3.8) is 0 Å². The van der Waals surface area contributed by atoms with E-state index < -0.39 is 0 Å². The summed E-state index contributed by atoms with van der Waals surface area (Å²) in [6.45, 7) is 0. The van der Waals surface area contributed by atoms with E-state index in [2.05, 4.69) is 11.8 Å². The van der Waals surface area contributed by atoms with Crippen LogP contribution in [0.15, 0.2) is 12.1 Å². The summed E-state index contributed by atoms with van der Waals surface area (Å²) in [5, 5.41) is 0.745. The average molecular weight is 148 g/mol. The number of rotatable bonds is 1. The fourth-order valence-corrected chi connectivity index (χ4v) is 1.19. The maximum atomic E-state index is 5.55. The molecule has 0 saturated carbocycles. The lowest BCUT2D eigenvalue weighted by Gasteiger charge is -1.85. The van der Waals surface area contributed by atoms with E-state index >= 15 is 0 Å². The molecule has 0 amide bonds. The van der Waals surface area contributed by atoms with Gasteiger partial charge in [0.05, 0.1) is 4.34 Å². The highest BCUT2D eigenvalue weighted by Gasteiger charge is 1.92. The molecular weight excluding hydrogens is 144 g/mol. The summed E-state index contributed by atoms with van der Waals surface area (Å²) in [5.41, 5.74) is 0. The number of halogens is 1. The van der Waals surface area contributed by atoms with E-state index in [4.69, 9.17) is 11.6 Å². The Hall–Kier alpha value is -0.210. The maximum absolute atomic E-state index is 5.55. The second kappa shape index (κ2) is 2.37. The molecule has 0 N–H and O–H groups in total. The Morgan fingerprint density at radius 3 is 2.62 bits per heavy atom. The lowest BCUT2D eigenvalue weighted by molar-refractivity contribution is 0.487. The molecule has 1 aromatic heterocycles. The van der Waals surface area contributed by atoms with Crippen LogP contribution in [0.4, 0.5) is 0 Å². The first kappa shape index (κ1) is 5.92. The third-order valence-corrected chi connectivity index (χ3v) is 1.83. The van der Waals surface area contributed by atoms with Crippen LogP contribution < -0.4 is 4.74 Å². The molecule has 0 aromatic carbocycles. The highest BCUT2D eigenvalue weighted by atomic mass is 35.5. The van der Waals surface area contributed by atoms with Crippen molar-refractivity contribution in [1.29, 1.82) is 0 Å². The molecule has 0 aliphatic heterocycles. The number of hydrogen-bond acceptors (Lipinski definition) is 2. The van der Waals surface area contributed by atoms with Crippen molar-refractivity contribution < 1.29 is 4.74 Å². The van der Waals surface area contributed by atoms with Gasteiger partial charge in [0, 0.05) is 0 Å². The van der Waals surface area contributed by atoms with E-state index in [-0.39, 0.29) is 0 Å². The van der Waals surface area contributed by atoms with Crippen LogP contribution in [-0.2, 0) is 0 Å². The zero-order valence-corrected chi connectivity index (χ0v) is 5.63. The highest BCUT2D eigenvalue weighted by Crippen LogP contribution is 2.27. The van der Waals surface area contributed by atoms with Crippen LogP contribution in [0.1, 0.15) is 0 Å². The highest BCUT2D eigenvalue weighted by molar-refractivity contribution is 7.17. The Labute approximate surface area is 56.9 Å². The number of hydrogen-bond donors (Lipinski definition) is 0. The SMILES string of the molecule is [CH2]Oc1ccc(Cl)s1. The van der Waals surface area contributed by atoms with Gasteiger partial charge in [-0.2, -0.15) is 0 Å². The molecule has 0 aliphatic rings. The summed E-state index contributed by atoms with van der Waals surface area (Å²) in [5.74, 6) is 0. The summed E-state index contributed by atoms with van der Waals surface area (Å²) in [6, 6.07) is 3.55. The minimum Gasteiger partial charge on any atom is -0.480 e. The quantitative estimate of drug-likeness (QED) is 0.593.